The van der Waals surface area contributed by atoms with Crippen LogP contribution >= 0.6 is 11.6 Å². The number of carbonyl (C=O) groups excluding carboxylic acids is 2. The first-order valence-electron chi connectivity index (χ1n) is 9.68. The number of ether oxygens (including phenoxy) is 4. The number of halogens is 1. The highest BCUT2D eigenvalue weighted by Gasteiger charge is 2.30. The van der Waals surface area contributed by atoms with Gasteiger partial charge in [-0.25, -0.2) is 4.79 Å². The molecular formula is C25H19ClO6. The van der Waals surface area contributed by atoms with Gasteiger partial charge in [0.15, 0.2) is 5.76 Å². The molecule has 0 radical (unpaired) electrons. The molecule has 0 aliphatic carbocycles. The third kappa shape index (κ3) is 4.18. The fourth-order valence-corrected chi connectivity index (χ4v) is 3.51. The molecule has 0 bridgehead atoms. The third-order valence-corrected chi connectivity index (χ3v) is 5.21. The minimum absolute atomic E-state index is 0.135. The molecule has 32 heavy (non-hydrogen) atoms. The summed E-state index contributed by atoms with van der Waals surface area (Å²) in [5, 5.41) is 0.522. The molecule has 0 N–H and O–H groups in total. The van der Waals surface area contributed by atoms with E-state index in [1.165, 1.54) is 6.07 Å². The number of esters is 1. The Labute approximate surface area is 189 Å². The number of carbonyl (C=O) groups is 2. The van der Waals surface area contributed by atoms with Crippen LogP contribution in [0, 0.1) is 6.92 Å². The summed E-state index contributed by atoms with van der Waals surface area (Å²) in [6.07, 6.45) is 1.60. The van der Waals surface area contributed by atoms with Crippen molar-refractivity contribution < 1.29 is 28.5 Å². The van der Waals surface area contributed by atoms with Gasteiger partial charge in [0, 0.05) is 16.7 Å². The predicted octanol–water partition coefficient (Wildman–Crippen LogP) is 5.50. The van der Waals surface area contributed by atoms with Gasteiger partial charge in [0.1, 0.15) is 23.0 Å². The maximum absolute atomic E-state index is 13.0. The molecule has 162 valence electrons. The predicted molar refractivity (Wildman–Crippen MR) is 120 cm³/mol. The molecule has 3 aromatic carbocycles. The lowest BCUT2D eigenvalue weighted by atomic mass is 10.0. The zero-order valence-electron chi connectivity index (χ0n) is 17.6. The molecule has 3 aromatic rings. The summed E-state index contributed by atoms with van der Waals surface area (Å²) in [4.78, 5) is 25.4. The standard InChI is InChI=1S/C25H19ClO6/c1-14-10-19(31-25(28)15-4-6-17(26)7-5-15)13-21-23(14)24(27)22(32-21)12-16-11-18(29-2)8-9-20(16)30-3/h4-13H,1-3H3/b22-12-. The van der Waals surface area contributed by atoms with Crippen molar-refractivity contribution in [3.05, 3.63) is 87.6 Å². The van der Waals surface area contributed by atoms with Gasteiger partial charge in [0.05, 0.1) is 25.3 Å². The van der Waals surface area contributed by atoms with Gasteiger partial charge < -0.3 is 18.9 Å². The summed E-state index contributed by atoms with van der Waals surface area (Å²) in [5.41, 5.74) is 2.04. The molecular weight excluding hydrogens is 432 g/mol. The minimum Gasteiger partial charge on any atom is -0.497 e. The highest BCUT2D eigenvalue weighted by Crippen LogP contribution is 2.38. The van der Waals surface area contributed by atoms with Crippen molar-refractivity contribution >= 4 is 29.4 Å². The van der Waals surface area contributed by atoms with Gasteiger partial charge in [-0.05, 0) is 67.1 Å². The molecule has 0 atom stereocenters. The molecule has 0 saturated heterocycles. The lowest BCUT2D eigenvalue weighted by Gasteiger charge is -2.08. The molecule has 4 rings (SSSR count). The van der Waals surface area contributed by atoms with Crippen LogP contribution in [-0.2, 0) is 0 Å². The maximum Gasteiger partial charge on any atom is 0.343 e. The first-order chi connectivity index (χ1) is 15.4. The van der Waals surface area contributed by atoms with Crippen molar-refractivity contribution in [3.63, 3.8) is 0 Å². The van der Waals surface area contributed by atoms with Crippen LogP contribution in [0.2, 0.25) is 5.02 Å². The Bertz CT molecular complexity index is 1240. The fourth-order valence-electron chi connectivity index (χ4n) is 3.38. The molecule has 1 heterocycles. The van der Waals surface area contributed by atoms with Crippen LogP contribution in [0.4, 0.5) is 0 Å². The van der Waals surface area contributed by atoms with Gasteiger partial charge in [0.2, 0.25) is 5.78 Å². The van der Waals surface area contributed by atoms with Crippen LogP contribution in [0.5, 0.6) is 23.0 Å². The number of benzene rings is 3. The Kier molecular flexibility index (Phi) is 5.88. The number of fused-ring (bicyclic) bond motifs is 1. The van der Waals surface area contributed by atoms with Crippen LogP contribution in [0.1, 0.15) is 31.8 Å². The van der Waals surface area contributed by atoms with E-state index < -0.39 is 5.97 Å². The summed E-state index contributed by atoms with van der Waals surface area (Å²) in [5.74, 6) is 1.11. The monoisotopic (exact) mass is 450 g/mol. The number of ketones is 1. The first-order valence-corrected chi connectivity index (χ1v) is 10.1. The van der Waals surface area contributed by atoms with Gasteiger partial charge in [-0.3, -0.25) is 4.79 Å². The van der Waals surface area contributed by atoms with Crippen LogP contribution in [-0.4, -0.2) is 26.0 Å². The second-order valence-electron chi connectivity index (χ2n) is 7.06. The first kappa shape index (κ1) is 21.5. The van der Waals surface area contributed by atoms with E-state index in [4.69, 9.17) is 30.5 Å². The Hall–Kier alpha value is -3.77. The Morgan fingerprint density at radius 1 is 0.969 bits per heavy atom. The van der Waals surface area contributed by atoms with E-state index in [1.807, 2.05) is 0 Å². The summed E-state index contributed by atoms with van der Waals surface area (Å²) in [7, 11) is 3.10. The molecule has 1 aliphatic heterocycles. The Morgan fingerprint density at radius 2 is 1.72 bits per heavy atom. The van der Waals surface area contributed by atoms with Crippen LogP contribution in [0.3, 0.4) is 0 Å². The number of hydrogen-bond acceptors (Lipinski definition) is 6. The lowest BCUT2D eigenvalue weighted by molar-refractivity contribution is 0.0734. The van der Waals surface area contributed by atoms with Crippen molar-refractivity contribution in [2.45, 2.75) is 6.92 Å². The van der Waals surface area contributed by atoms with Crippen molar-refractivity contribution in [1.29, 1.82) is 0 Å². The molecule has 7 heteroatoms. The van der Waals surface area contributed by atoms with Crippen LogP contribution in [0.15, 0.2) is 60.4 Å². The van der Waals surface area contributed by atoms with Crippen molar-refractivity contribution in [2.24, 2.45) is 0 Å². The number of rotatable bonds is 5. The maximum atomic E-state index is 13.0. The van der Waals surface area contributed by atoms with E-state index in [0.29, 0.717) is 44.5 Å². The molecule has 0 fully saturated rings. The van der Waals surface area contributed by atoms with E-state index in [2.05, 4.69) is 0 Å². The molecule has 6 nitrogen and oxygen atoms in total. The zero-order valence-corrected chi connectivity index (χ0v) is 18.4. The quantitative estimate of drug-likeness (QED) is 0.290. The molecule has 1 aliphatic rings. The van der Waals surface area contributed by atoms with E-state index >= 15 is 0 Å². The topological polar surface area (TPSA) is 71.1 Å². The van der Waals surface area contributed by atoms with Gasteiger partial charge in [-0.1, -0.05) is 11.6 Å². The Morgan fingerprint density at radius 3 is 2.41 bits per heavy atom. The van der Waals surface area contributed by atoms with E-state index in [9.17, 15) is 9.59 Å². The second kappa shape index (κ2) is 8.77. The molecule has 0 aromatic heterocycles. The summed E-state index contributed by atoms with van der Waals surface area (Å²) in [6.45, 7) is 1.76. The normalized spacial score (nSPS) is 13.5. The van der Waals surface area contributed by atoms with Crippen molar-refractivity contribution in [3.8, 4) is 23.0 Å². The van der Waals surface area contributed by atoms with Crippen molar-refractivity contribution in [1.82, 2.24) is 0 Å². The van der Waals surface area contributed by atoms with Gasteiger partial charge >= 0.3 is 5.97 Å². The average molecular weight is 451 g/mol. The molecule has 0 spiro atoms. The highest BCUT2D eigenvalue weighted by molar-refractivity contribution is 6.30. The average Bonchev–Trinajstić information content (AvgIpc) is 3.09. The van der Waals surface area contributed by atoms with Gasteiger partial charge in [-0.15, -0.1) is 0 Å². The van der Waals surface area contributed by atoms with E-state index in [-0.39, 0.29) is 17.3 Å². The zero-order chi connectivity index (χ0) is 22.8. The molecule has 0 amide bonds. The number of Topliss-reactive ketones (excluding diaryl/α,β-unsaturated/α-hetero) is 1. The SMILES string of the molecule is COc1ccc(OC)c(/C=C2\Oc3cc(OC(=O)c4ccc(Cl)cc4)cc(C)c3C2=O)c1. The molecule has 0 saturated carbocycles. The number of aryl methyl sites for hydroxylation is 1. The van der Waals surface area contributed by atoms with Gasteiger partial charge in [-0.2, -0.15) is 0 Å². The highest BCUT2D eigenvalue weighted by atomic mass is 35.5. The number of allylic oxidation sites excluding steroid dienone is 1. The summed E-state index contributed by atoms with van der Waals surface area (Å²) in [6, 6.07) is 14.8. The van der Waals surface area contributed by atoms with Crippen LogP contribution in [0.25, 0.3) is 6.08 Å². The second-order valence-corrected chi connectivity index (χ2v) is 7.49. The fraction of sp³-hybridized carbons (Fsp3) is 0.120. The molecule has 0 unspecified atom stereocenters. The smallest absolute Gasteiger partial charge is 0.343 e. The van der Waals surface area contributed by atoms with Crippen LogP contribution < -0.4 is 18.9 Å². The van der Waals surface area contributed by atoms with Gasteiger partial charge in [0.25, 0.3) is 0 Å². The van der Waals surface area contributed by atoms with E-state index in [1.54, 1.807) is 75.8 Å². The lowest BCUT2D eigenvalue weighted by Crippen LogP contribution is -2.08. The third-order valence-electron chi connectivity index (χ3n) is 4.96. The van der Waals surface area contributed by atoms with E-state index in [0.717, 1.165) is 0 Å². The number of methoxy groups -OCH3 is 2. The van der Waals surface area contributed by atoms with Crippen molar-refractivity contribution in [2.75, 3.05) is 14.2 Å². The summed E-state index contributed by atoms with van der Waals surface area (Å²) < 4.78 is 21.9. The largest absolute Gasteiger partial charge is 0.497 e. The summed E-state index contributed by atoms with van der Waals surface area (Å²) >= 11 is 5.86. The minimum atomic E-state index is -0.540. The number of hydrogen-bond donors (Lipinski definition) is 0. The Balaban J connectivity index is 1.63.